The van der Waals surface area contributed by atoms with Crippen molar-refractivity contribution in [1.29, 1.82) is 0 Å². The number of amidine groups is 1. The van der Waals surface area contributed by atoms with Gasteiger partial charge in [-0.3, -0.25) is 4.99 Å². The molecule has 0 aromatic rings. The fourth-order valence-corrected chi connectivity index (χ4v) is 3.81. The Balaban J connectivity index is 1.50. The summed E-state index contributed by atoms with van der Waals surface area (Å²) >= 11 is 1.99. The van der Waals surface area contributed by atoms with Gasteiger partial charge in [0.1, 0.15) is 0 Å². The van der Waals surface area contributed by atoms with Gasteiger partial charge < -0.3 is 5.32 Å². The van der Waals surface area contributed by atoms with Crippen LogP contribution in [-0.4, -0.2) is 23.0 Å². The zero-order chi connectivity index (χ0) is 11.0. The first-order chi connectivity index (χ1) is 7.86. The van der Waals surface area contributed by atoms with Crippen LogP contribution in [0.3, 0.4) is 0 Å². The topological polar surface area (TPSA) is 24.4 Å². The molecule has 2 fully saturated rings. The molecule has 1 unspecified atom stereocenters. The predicted molar refractivity (Wildman–Crippen MR) is 71.0 cm³/mol. The van der Waals surface area contributed by atoms with E-state index in [1.165, 1.54) is 43.7 Å². The lowest BCUT2D eigenvalue weighted by Crippen LogP contribution is -2.36. The molecule has 1 heterocycles. The third kappa shape index (κ3) is 2.55. The van der Waals surface area contributed by atoms with Crippen molar-refractivity contribution < 1.29 is 0 Å². The summed E-state index contributed by atoms with van der Waals surface area (Å²) in [5, 5.41) is 5.75. The molecule has 0 spiro atoms. The van der Waals surface area contributed by atoms with E-state index >= 15 is 0 Å². The third-order valence-corrected chi connectivity index (χ3v) is 5.07. The monoisotopic (exact) mass is 238 g/mol. The molecule has 1 N–H and O–H groups in total. The minimum Gasteiger partial charge on any atom is -0.362 e. The maximum atomic E-state index is 4.66. The van der Waals surface area contributed by atoms with E-state index in [4.69, 9.17) is 0 Å². The van der Waals surface area contributed by atoms with Crippen molar-refractivity contribution in [3.05, 3.63) is 0 Å². The Morgan fingerprint density at radius 3 is 2.56 bits per heavy atom. The van der Waals surface area contributed by atoms with Gasteiger partial charge in [-0.05, 0) is 43.9 Å². The summed E-state index contributed by atoms with van der Waals surface area (Å²) in [5.41, 5.74) is 0. The van der Waals surface area contributed by atoms with Gasteiger partial charge in [0.25, 0.3) is 0 Å². The lowest BCUT2D eigenvalue weighted by molar-refractivity contribution is 0.485. The second-order valence-electron chi connectivity index (χ2n) is 5.52. The van der Waals surface area contributed by atoms with Gasteiger partial charge in [0.05, 0.1) is 6.54 Å². The molecule has 2 saturated carbocycles. The van der Waals surface area contributed by atoms with Crippen molar-refractivity contribution in [3.8, 4) is 0 Å². The first-order valence-corrected chi connectivity index (χ1v) is 7.72. The van der Waals surface area contributed by atoms with E-state index in [1.807, 2.05) is 11.8 Å². The van der Waals surface area contributed by atoms with Crippen LogP contribution in [0.4, 0.5) is 0 Å². The molecule has 90 valence electrons. The highest BCUT2D eigenvalue weighted by Crippen LogP contribution is 2.45. The van der Waals surface area contributed by atoms with Crippen LogP contribution >= 0.6 is 11.8 Å². The Hall–Kier alpha value is -0.180. The van der Waals surface area contributed by atoms with E-state index in [2.05, 4.69) is 17.2 Å². The van der Waals surface area contributed by atoms with Crippen molar-refractivity contribution in [3.63, 3.8) is 0 Å². The van der Waals surface area contributed by atoms with Crippen LogP contribution < -0.4 is 5.32 Å². The lowest BCUT2D eigenvalue weighted by atomic mass is 10.1. The van der Waals surface area contributed by atoms with Crippen molar-refractivity contribution in [2.75, 3.05) is 6.54 Å². The molecular formula is C13H22N2S. The molecule has 1 aliphatic heterocycles. The SMILES string of the molecule is CCCC1CN=C(NC(C2CC2)C2CC2)S1. The molecule has 0 amide bonds. The number of rotatable bonds is 5. The molecular weight excluding hydrogens is 216 g/mol. The average molecular weight is 238 g/mol. The number of nitrogens with one attached hydrogen (secondary N) is 1. The highest BCUT2D eigenvalue weighted by atomic mass is 32.2. The zero-order valence-corrected chi connectivity index (χ0v) is 10.9. The molecule has 0 aromatic heterocycles. The highest BCUT2D eigenvalue weighted by molar-refractivity contribution is 8.14. The fraction of sp³-hybridized carbons (Fsp3) is 0.923. The highest BCUT2D eigenvalue weighted by Gasteiger charge is 2.42. The Morgan fingerprint density at radius 2 is 2.00 bits per heavy atom. The zero-order valence-electron chi connectivity index (χ0n) is 10.1. The van der Waals surface area contributed by atoms with Crippen LogP contribution in [0.5, 0.6) is 0 Å². The standard InChI is InChI=1S/C13H22N2S/c1-2-3-11-8-14-13(16-11)15-12(9-4-5-9)10-6-7-10/h9-12H,2-8H2,1H3,(H,14,15). The van der Waals surface area contributed by atoms with Gasteiger partial charge in [0.2, 0.25) is 0 Å². The van der Waals surface area contributed by atoms with Gasteiger partial charge in [-0.25, -0.2) is 0 Å². The Labute approximate surface area is 103 Å². The quantitative estimate of drug-likeness (QED) is 0.796. The van der Waals surface area contributed by atoms with Crippen molar-refractivity contribution >= 4 is 16.9 Å². The molecule has 0 radical (unpaired) electrons. The molecule has 3 rings (SSSR count). The number of aliphatic imine (C=N–C) groups is 1. The van der Waals surface area contributed by atoms with Crippen molar-refractivity contribution in [2.45, 2.75) is 56.7 Å². The molecule has 3 aliphatic rings. The summed E-state index contributed by atoms with van der Waals surface area (Å²) in [7, 11) is 0. The number of hydrogen-bond acceptors (Lipinski definition) is 3. The first-order valence-electron chi connectivity index (χ1n) is 6.84. The van der Waals surface area contributed by atoms with Gasteiger partial charge in [-0.1, -0.05) is 25.1 Å². The van der Waals surface area contributed by atoms with Gasteiger partial charge in [0, 0.05) is 11.3 Å². The number of hydrogen-bond donors (Lipinski definition) is 1. The molecule has 16 heavy (non-hydrogen) atoms. The van der Waals surface area contributed by atoms with Gasteiger partial charge >= 0.3 is 0 Å². The largest absolute Gasteiger partial charge is 0.362 e. The van der Waals surface area contributed by atoms with Gasteiger partial charge in [-0.15, -0.1) is 0 Å². The molecule has 0 bridgehead atoms. The fourth-order valence-electron chi connectivity index (χ4n) is 2.64. The minimum absolute atomic E-state index is 0.756. The molecule has 1 atom stereocenters. The van der Waals surface area contributed by atoms with E-state index < -0.39 is 0 Å². The predicted octanol–water partition coefficient (Wildman–Crippen LogP) is 3.04. The third-order valence-electron chi connectivity index (χ3n) is 3.88. The molecule has 0 saturated heterocycles. The van der Waals surface area contributed by atoms with Crippen LogP contribution in [0.1, 0.15) is 45.4 Å². The van der Waals surface area contributed by atoms with Crippen LogP contribution in [0.2, 0.25) is 0 Å². The maximum Gasteiger partial charge on any atom is 0.157 e. The Kier molecular flexibility index (Phi) is 3.14. The normalized spacial score (nSPS) is 29.6. The average Bonchev–Trinajstić information content (AvgIpc) is 3.17. The Morgan fingerprint density at radius 1 is 1.31 bits per heavy atom. The first kappa shape index (κ1) is 10.9. The summed E-state index contributed by atoms with van der Waals surface area (Å²) in [6.45, 7) is 3.31. The summed E-state index contributed by atoms with van der Waals surface area (Å²) in [6, 6.07) is 0.770. The molecule has 2 nitrogen and oxygen atoms in total. The number of nitrogens with zero attached hydrogens (tertiary/aromatic N) is 1. The summed E-state index contributed by atoms with van der Waals surface area (Å²) < 4.78 is 0. The maximum absolute atomic E-state index is 4.66. The second-order valence-corrected chi connectivity index (χ2v) is 6.81. The number of thioether (sulfide) groups is 1. The van der Waals surface area contributed by atoms with Crippen LogP contribution in [0, 0.1) is 11.8 Å². The van der Waals surface area contributed by atoms with Gasteiger partial charge in [-0.2, -0.15) is 0 Å². The molecule has 2 aliphatic carbocycles. The van der Waals surface area contributed by atoms with Crippen LogP contribution in [0.25, 0.3) is 0 Å². The van der Waals surface area contributed by atoms with E-state index in [-0.39, 0.29) is 0 Å². The molecule has 3 heteroatoms. The van der Waals surface area contributed by atoms with Crippen LogP contribution in [-0.2, 0) is 0 Å². The second kappa shape index (κ2) is 4.59. The Bertz CT molecular complexity index is 270. The smallest absolute Gasteiger partial charge is 0.157 e. The minimum atomic E-state index is 0.756. The van der Waals surface area contributed by atoms with Crippen molar-refractivity contribution in [1.82, 2.24) is 5.32 Å². The van der Waals surface area contributed by atoms with E-state index in [0.29, 0.717) is 0 Å². The lowest BCUT2D eigenvalue weighted by Gasteiger charge is -2.18. The van der Waals surface area contributed by atoms with Crippen molar-refractivity contribution in [2.24, 2.45) is 16.8 Å². The summed E-state index contributed by atoms with van der Waals surface area (Å²) in [5.74, 6) is 1.95. The van der Waals surface area contributed by atoms with Gasteiger partial charge in [0.15, 0.2) is 5.17 Å². The van der Waals surface area contributed by atoms with E-state index in [1.54, 1.807) is 0 Å². The van der Waals surface area contributed by atoms with E-state index in [9.17, 15) is 0 Å². The summed E-state index contributed by atoms with van der Waals surface area (Å²) in [4.78, 5) is 4.66. The van der Waals surface area contributed by atoms with E-state index in [0.717, 1.165) is 29.7 Å². The van der Waals surface area contributed by atoms with Crippen LogP contribution in [0.15, 0.2) is 4.99 Å². The summed E-state index contributed by atoms with van der Waals surface area (Å²) in [6.07, 6.45) is 8.40. The molecule has 0 aromatic carbocycles.